The van der Waals surface area contributed by atoms with Crippen LogP contribution in [-0.4, -0.2) is 74.6 Å². The predicted octanol–water partition coefficient (Wildman–Crippen LogP) is 6.34. The fourth-order valence-corrected chi connectivity index (χ4v) is 8.50. The minimum absolute atomic E-state index is 0.224. The number of rotatable bonds is 18. The van der Waals surface area contributed by atoms with Gasteiger partial charge >= 0.3 is 5.97 Å². The molecule has 0 amide bonds. The maximum Gasteiger partial charge on any atom is 0.302 e. The summed E-state index contributed by atoms with van der Waals surface area (Å²) in [5.74, 6) is 4.64. The molecule has 0 aliphatic carbocycles. The second-order valence-electron chi connectivity index (χ2n) is 14.0. The Morgan fingerprint density at radius 3 is 2.17 bits per heavy atom. The lowest BCUT2D eigenvalue weighted by Crippen LogP contribution is -2.53. The third kappa shape index (κ3) is 11.3. The van der Waals surface area contributed by atoms with Crippen LogP contribution in [0.3, 0.4) is 0 Å². The van der Waals surface area contributed by atoms with Gasteiger partial charge in [-0.15, -0.1) is 6.58 Å². The Morgan fingerprint density at radius 2 is 1.57 bits per heavy atom. The van der Waals surface area contributed by atoms with E-state index in [1.807, 2.05) is 74.5 Å². The van der Waals surface area contributed by atoms with Gasteiger partial charge in [0.1, 0.15) is 12.2 Å². The highest BCUT2D eigenvalue weighted by Crippen LogP contribution is 2.37. The van der Waals surface area contributed by atoms with Crippen LogP contribution in [0.1, 0.15) is 51.2 Å². The van der Waals surface area contributed by atoms with Crippen molar-refractivity contribution < 1.29 is 42.0 Å². The third-order valence-electron chi connectivity index (χ3n) is 10.2. The highest BCUT2D eigenvalue weighted by atomic mass is 32.2. The van der Waals surface area contributed by atoms with Crippen LogP contribution in [0.5, 0.6) is 0 Å². The number of fused-ring (bicyclic) bond motifs is 1. The van der Waals surface area contributed by atoms with Crippen molar-refractivity contribution in [2.45, 2.75) is 101 Å². The quantitative estimate of drug-likeness (QED) is 0.0905. The second-order valence-corrected chi connectivity index (χ2v) is 16.1. The van der Waals surface area contributed by atoms with Crippen molar-refractivity contribution in [1.29, 1.82) is 0 Å². The van der Waals surface area contributed by atoms with Gasteiger partial charge in [-0.25, -0.2) is 8.42 Å². The average molecular weight is 745 g/mol. The summed E-state index contributed by atoms with van der Waals surface area (Å²) in [6, 6.07) is 27.9. The Labute approximate surface area is 314 Å². The van der Waals surface area contributed by atoms with Gasteiger partial charge < -0.3 is 28.8 Å². The minimum atomic E-state index is -3.72. The van der Waals surface area contributed by atoms with E-state index >= 15 is 0 Å². The number of ether oxygens (including phenoxy) is 5. The zero-order valence-electron chi connectivity index (χ0n) is 30.8. The van der Waals surface area contributed by atoms with Crippen LogP contribution in [0.25, 0.3) is 0 Å². The molecule has 2 aliphatic heterocycles. The number of benzene rings is 3. The molecule has 9 nitrogen and oxygen atoms in total. The highest BCUT2D eigenvalue weighted by molar-refractivity contribution is 7.91. The number of carbonyl (C=O) groups excluding carboxylic acids is 1. The fraction of sp³-hybridized carbons (Fsp3) is 0.465. The first-order valence-corrected chi connectivity index (χ1v) is 20.0. The van der Waals surface area contributed by atoms with Crippen molar-refractivity contribution in [1.82, 2.24) is 0 Å². The lowest BCUT2D eigenvalue weighted by Gasteiger charge is -2.43. The van der Waals surface area contributed by atoms with E-state index in [2.05, 4.69) is 18.4 Å². The summed E-state index contributed by atoms with van der Waals surface area (Å²) in [5, 5.41) is 10.2. The molecule has 2 unspecified atom stereocenters. The van der Waals surface area contributed by atoms with E-state index in [0.717, 1.165) is 11.1 Å². The molecule has 0 spiro atoms. The fourth-order valence-electron chi connectivity index (χ4n) is 6.99. The van der Waals surface area contributed by atoms with E-state index < -0.39 is 52.2 Å². The zero-order valence-corrected chi connectivity index (χ0v) is 31.6. The van der Waals surface area contributed by atoms with Crippen LogP contribution in [-0.2, 0) is 51.5 Å². The Kier molecular flexibility index (Phi) is 14.8. The normalized spacial score (nSPS) is 25.0. The molecule has 0 bridgehead atoms. The maximum atomic E-state index is 13.7. The summed E-state index contributed by atoms with van der Waals surface area (Å²) in [5.41, 5.74) is 1.99. The second kappa shape index (κ2) is 19.5. The summed E-state index contributed by atoms with van der Waals surface area (Å²) in [7, 11) is -3.72. The van der Waals surface area contributed by atoms with Crippen LogP contribution in [0.2, 0.25) is 0 Å². The first-order chi connectivity index (χ1) is 25.6. The van der Waals surface area contributed by atoms with Gasteiger partial charge in [0.25, 0.3) is 0 Å². The molecular formula is C43H52O9S. The predicted molar refractivity (Wildman–Crippen MR) is 202 cm³/mol. The molecule has 1 fully saturated rings. The van der Waals surface area contributed by atoms with Gasteiger partial charge in [0.05, 0.1) is 66.9 Å². The molecule has 1 saturated heterocycles. The summed E-state index contributed by atoms with van der Waals surface area (Å²) in [6.07, 6.45) is -0.768. The summed E-state index contributed by atoms with van der Waals surface area (Å²) in [6.45, 7) is 9.69. The van der Waals surface area contributed by atoms with E-state index in [9.17, 15) is 18.3 Å². The first kappa shape index (κ1) is 40.4. The number of sulfone groups is 1. The van der Waals surface area contributed by atoms with Gasteiger partial charge in [-0.3, -0.25) is 4.79 Å². The van der Waals surface area contributed by atoms with Gasteiger partial charge in [-0.2, -0.15) is 0 Å². The molecule has 5 rings (SSSR count). The first-order valence-electron chi connectivity index (χ1n) is 18.4. The molecule has 0 aromatic heterocycles. The lowest BCUT2D eigenvalue weighted by atomic mass is 9.84. The Bertz CT molecular complexity index is 1760. The topological polar surface area (TPSA) is 118 Å². The van der Waals surface area contributed by atoms with Gasteiger partial charge in [0.2, 0.25) is 0 Å². The van der Waals surface area contributed by atoms with E-state index in [4.69, 9.17) is 23.7 Å². The van der Waals surface area contributed by atoms with E-state index in [-0.39, 0.29) is 47.7 Å². The molecule has 10 atom stereocenters. The van der Waals surface area contributed by atoms with Gasteiger partial charge in [-0.05, 0) is 41.5 Å². The minimum Gasteiger partial charge on any atom is -0.462 e. The van der Waals surface area contributed by atoms with Gasteiger partial charge in [-0.1, -0.05) is 111 Å². The Morgan fingerprint density at radius 1 is 0.943 bits per heavy atom. The van der Waals surface area contributed by atoms with Crippen molar-refractivity contribution in [3.8, 4) is 11.8 Å². The maximum absolute atomic E-state index is 13.7. The van der Waals surface area contributed by atoms with Crippen LogP contribution in [0.4, 0.5) is 0 Å². The molecule has 0 saturated carbocycles. The molecular weight excluding hydrogens is 693 g/mol. The molecule has 1 N–H and O–H groups in total. The van der Waals surface area contributed by atoms with Crippen molar-refractivity contribution >= 4 is 15.8 Å². The van der Waals surface area contributed by atoms with Gasteiger partial charge in [0.15, 0.2) is 9.84 Å². The standard InChI is InChI=1S/C43H52O9S/c1-5-15-39-41(49-28-34-18-11-7-12-19-34)25-42-43(52-39)35(29-53(46,47)37-20-13-8-14-21-37)22-23-38(51-42)30(2)31(3)40(50-32(4)45)24-36(26-44)48-27-33-16-9-6-10-17-33/h5-14,16-21,30-31,35-36,38-44H,1,15,24-29H2,2-4H3/t30-,31-,35?,36-,38-,39-,40?,41+,42-,43+/m0/s1. The molecule has 2 heterocycles. The number of aliphatic hydroxyl groups is 1. The van der Waals surface area contributed by atoms with Crippen LogP contribution in [0, 0.1) is 29.6 Å². The molecule has 2 aliphatic rings. The smallest absolute Gasteiger partial charge is 0.302 e. The number of esters is 1. The van der Waals surface area contributed by atoms with Crippen molar-refractivity contribution in [2.75, 3.05) is 12.4 Å². The average Bonchev–Trinajstić information content (AvgIpc) is 3.34. The molecule has 53 heavy (non-hydrogen) atoms. The summed E-state index contributed by atoms with van der Waals surface area (Å²) < 4.78 is 59.4. The summed E-state index contributed by atoms with van der Waals surface area (Å²) in [4.78, 5) is 12.6. The number of carbonyl (C=O) groups is 1. The summed E-state index contributed by atoms with van der Waals surface area (Å²) >= 11 is 0. The largest absolute Gasteiger partial charge is 0.462 e. The number of aliphatic hydroxyl groups excluding tert-OH is 1. The number of hydrogen-bond acceptors (Lipinski definition) is 9. The Hall–Kier alpha value is -3.82. The molecule has 3 aromatic rings. The number of hydrogen-bond donors (Lipinski definition) is 1. The van der Waals surface area contributed by atoms with Crippen molar-refractivity contribution in [3.63, 3.8) is 0 Å². The Balaban J connectivity index is 1.39. The molecule has 0 radical (unpaired) electrons. The van der Waals surface area contributed by atoms with Crippen LogP contribution >= 0.6 is 0 Å². The lowest BCUT2D eigenvalue weighted by molar-refractivity contribution is -0.214. The highest BCUT2D eigenvalue weighted by Gasteiger charge is 2.46. The van der Waals surface area contributed by atoms with E-state index in [1.54, 1.807) is 36.4 Å². The monoisotopic (exact) mass is 744 g/mol. The van der Waals surface area contributed by atoms with Crippen LogP contribution < -0.4 is 0 Å². The zero-order chi connectivity index (χ0) is 37.8. The van der Waals surface area contributed by atoms with Crippen molar-refractivity contribution in [3.05, 3.63) is 115 Å². The molecule has 3 aromatic carbocycles. The van der Waals surface area contributed by atoms with Gasteiger partial charge in [0, 0.05) is 19.8 Å². The molecule has 10 heteroatoms. The van der Waals surface area contributed by atoms with E-state index in [0.29, 0.717) is 26.1 Å². The van der Waals surface area contributed by atoms with Crippen LogP contribution in [0.15, 0.2) is 109 Å². The van der Waals surface area contributed by atoms with Crippen molar-refractivity contribution in [2.24, 2.45) is 17.8 Å². The van der Waals surface area contributed by atoms with E-state index in [1.165, 1.54) is 6.92 Å². The molecule has 284 valence electrons. The third-order valence-corrected chi connectivity index (χ3v) is 11.9. The SMILES string of the molecule is C=CC[C@@H]1O[C@@H]2C(CS(=O)(=O)c3ccccc3)C#C[C@@H]([C@@H](C)[C@H](C)C(C[C@@H](CO)OCc3ccccc3)OC(C)=O)O[C@H]2C[C@H]1OCc1ccccc1.